The quantitative estimate of drug-likeness (QED) is 0.376. The van der Waals surface area contributed by atoms with Crippen molar-refractivity contribution >= 4 is 28.6 Å². The molecule has 0 aliphatic carbocycles. The Bertz CT molecular complexity index is 138. The van der Waals surface area contributed by atoms with Gasteiger partial charge in [-0.25, -0.2) is 0 Å². The Balaban J connectivity index is 2.31. The lowest BCUT2D eigenvalue weighted by atomic mass is 10.2. The van der Waals surface area contributed by atoms with E-state index in [0.29, 0.717) is 23.6 Å². The minimum atomic E-state index is -0.0998. The van der Waals surface area contributed by atoms with E-state index in [1.54, 1.807) is 0 Å². The van der Waals surface area contributed by atoms with Crippen LogP contribution in [0.1, 0.15) is 12.8 Å². The minimum absolute atomic E-state index is 0.0998. The van der Waals surface area contributed by atoms with Crippen LogP contribution in [0.15, 0.2) is 0 Å². The van der Waals surface area contributed by atoms with Gasteiger partial charge >= 0.3 is 5.97 Å². The number of alkyl halides is 1. The summed E-state index contributed by atoms with van der Waals surface area (Å²) >= 11 is 2.29. The number of carbonyl (C=O) groups excluding carboxylic acids is 1. The SMILES string of the molecule is O=C1CCC(I)COCCO1. The molecule has 0 radical (unpaired) electrons. The molecule has 1 atom stereocenters. The highest BCUT2D eigenvalue weighted by molar-refractivity contribution is 14.1. The number of halogens is 1. The van der Waals surface area contributed by atoms with Crippen LogP contribution in [0, 0.1) is 0 Å². The Morgan fingerprint density at radius 3 is 3.09 bits per heavy atom. The number of carbonyl (C=O) groups is 1. The Morgan fingerprint density at radius 2 is 2.27 bits per heavy atom. The number of cyclic esters (lactones) is 1. The summed E-state index contributed by atoms with van der Waals surface area (Å²) in [5.74, 6) is -0.0998. The second kappa shape index (κ2) is 4.92. The van der Waals surface area contributed by atoms with E-state index in [-0.39, 0.29) is 5.97 Å². The summed E-state index contributed by atoms with van der Waals surface area (Å²) in [6.07, 6.45) is 1.39. The molecule has 0 N–H and O–H groups in total. The van der Waals surface area contributed by atoms with Gasteiger partial charge < -0.3 is 9.47 Å². The molecule has 64 valence electrons. The van der Waals surface area contributed by atoms with Crippen LogP contribution in [0.4, 0.5) is 0 Å². The molecule has 0 saturated carbocycles. The fourth-order valence-corrected chi connectivity index (χ4v) is 1.42. The van der Waals surface area contributed by atoms with Crippen molar-refractivity contribution in [2.24, 2.45) is 0 Å². The molecule has 1 aliphatic heterocycles. The number of hydrogen-bond donors (Lipinski definition) is 0. The van der Waals surface area contributed by atoms with Crippen molar-refractivity contribution in [3.8, 4) is 0 Å². The average molecular weight is 270 g/mol. The molecule has 3 nitrogen and oxygen atoms in total. The Kier molecular flexibility index (Phi) is 4.14. The number of ether oxygens (including phenoxy) is 2. The third-order valence-electron chi connectivity index (χ3n) is 1.45. The van der Waals surface area contributed by atoms with Crippen molar-refractivity contribution in [2.45, 2.75) is 16.8 Å². The standard InChI is InChI=1S/C7H11IO3/c8-6-1-2-7(9)11-4-3-10-5-6/h6H,1-5H2. The van der Waals surface area contributed by atoms with Crippen molar-refractivity contribution in [2.75, 3.05) is 19.8 Å². The second-order valence-corrected chi connectivity index (χ2v) is 4.19. The van der Waals surface area contributed by atoms with Crippen molar-refractivity contribution < 1.29 is 14.3 Å². The fraction of sp³-hybridized carbons (Fsp3) is 0.857. The first-order valence-electron chi connectivity index (χ1n) is 3.66. The monoisotopic (exact) mass is 270 g/mol. The molecule has 1 saturated heterocycles. The molecule has 4 heteroatoms. The summed E-state index contributed by atoms with van der Waals surface area (Å²) in [4.78, 5) is 10.9. The zero-order valence-electron chi connectivity index (χ0n) is 6.22. The fourth-order valence-electron chi connectivity index (χ4n) is 0.856. The van der Waals surface area contributed by atoms with Crippen molar-refractivity contribution in [3.63, 3.8) is 0 Å². The lowest BCUT2D eigenvalue weighted by Crippen LogP contribution is -2.09. The molecule has 1 fully saturated rings. The van der Waals surface area contributed by atoms with E-state index in [1.807, 2.05) is 0 Å². The van der Waals surface area contributed by atoms with Gasteiger partial charge in [-0.15, -0.1) is 0 Å². The van der Waals surface area contributed by atoms with Crippen LogP contribution in [0.25, 0.3) is 0 Å². The first kappa shape index (κ1) is 9.25. The van der Waals surface area contributed by atoms with E-state index in [4.69, 9.17) is 9.47 Å². The summed E-state index contributed by atoms with van der Waals surface area (Å²) in [6.45, 7) is 1.67. The zero-order valence-corrected chi connectivity index (χ0v) is 8.37. The van der Waals surface area contributed by atoms with E-state index in [9.17, 15) is 4.79 Å². The Hall–Kier alpha value is 0.160. The third kappa shape index (κ3) is 3.91. The highest BCUT2D eigenvalue weighted by Gasteiger charge is 2.11. The first-order valence-corrected chi connectivity index (χ1v) is 4.91. The molecule has 11 heavy (non-hydrogen) atoms. The molecule has 0 aromatic carbocycles. The molecule has 0 amide bonds. The van der Waals surface area contributed by atoms with E-state index >= 15 is 0 Å². The predicted octanol–water partition coefficient (Wildman–Crippen LogP) is 1.14. The van der Waals surface area contributed by atoms with Gasteiger partial charge in [-0.3, -0.25) is 4.79 Å². The summed E-state index contributed by atoms with van der Waals surface area (Å²) in [5.41, 5.74) is 0. The van der Waals surface area contributed by atoms with E-state index in [0.717, 1.165) is 13.0 Å². The summed E-state index contributed by atoms with van der Waals surface area (Å²) in [6, 6.07) is 0. The number of hydrogen-bond acceptors (Lipinski definition) is 3. The third-order valence-corrected chi connectivity index (χ3v) is 2.43. The van der Waals surface area contributed by atoms with Crippen molar-refractivity contribution in [3.05, 3.63) is 0 Å². The maximum Gasteiger partial charge on any atom is 0.305 e. The van der Waals surface area contributed by atoms with Gasteiger partial charge in [0.1, 0.15) is 6.61 Å². The van der Waals surface area contributed by atoms with Crippen LogP contribution in [0.3, 0.4) is 0 Å². The van der Waals surface area contributed by atoms with E-state index in [1.165, 1.54) is 0 Å². The summed E-state index contributed by atoms with van der Waals surface area (Å²) in [7, 11) is 0. The van der Waals surface area contributed by atoms with Crippen LogP contribution in [0.2, 0.25) is 0 Å². The number of esters is 1. The van der Waals surface area contributed by atoms with Crippen LogP contribution in [0.5, 0.6) is 0 Å². The van der Waals surface area contributed by atoms with Gasteiger partial charge in [0.25, 0.3) is 0 Å². The molecule has 1 rings (SSSR count). The molecule has 0 bridgehead atoms. The molecule has 1 unspecified atom stereocenters. The molecule has 0 aromatic heterocycles. The van der Waals surface area contributed by atoms with Gasteiger partial charge in [-0.1, -0.05) is 22.6 Å². The lowest BCUT2D eigenvalue weighted by molar-refractivity contribution is -0.144. The van der Waals surface area contributed by atoms with Crippen LogP contribution in [-0.4, -0.2) is 29.7 Å². The van der Waals surface area contributed by atoms with E-state index in [2.05, 4.69) is 22.6 Å². The Labute approximate surface area is 79.6 Å². The predicted molar refractivity (Wildman–Crippen MR) is 48.8 cm³/mol. The van der Waals surface area contributed by atoms with Crippen LogP contribution >= 0.6 is 22.6 Å². The molecular formula is C7H11IO3. The summed E-state index contributed by atoms with van der Waals surface area (Å²) < 4.78 is 10.5. The van der Waals surface area contributed by atoms with Crippen LogP contribution < -0.4 is 0 Å². The Morgan fingerprint density at radius 1 is 1.45 bits per heavy atom. The maximum absolute atomic E-state index is 10.9. The normalized spacial score (nSPS) is 28.1. The van der Waals surface area contributed by atoms with Gasteiger partial charge in [0, 0.05) is 10.3 Å². The van der Waals surface area contributed by atoms with Gasteiger partial charge in [0.15, 0.2) is 0 Å². The molecule has 1 heterocycles. The van der Waals surface area contributed by atoms with Crippen molar-refractivity contribution in [1.82, 2.24) is 0 Å². The highest BCUT2D eigenvalue weighted by atomic mass is 127. The summed E-state index contributed by atoms with van der Waals surface area (Å²) in [5, 5.41) is 0. The molecule has 1 aliphatic rings. The topological polar surface area (TPSA) is 35.5 Å². The number of rotatable bonds is 0. The first-order chi connectivity index (χ1) is 5.29. The van der Waals surface area contributed by atoms with E-state index < -0.39 is 0 Å². The average Bonchev–Trinajstić information content (AvgIpc) is 2.06. The van der Waals surface area contributed by atoms with Crippen LogP contribution in [-0.2, 0) is 14.3 Å². The van der Waals surface area contributed by atoms with Gasteiger partial charge in [-0.2, -0.15) is 0 Å². The maximum atomic E-state index is 10.9. The van der Waals surface area contributed by atoms with Crippen molar-refractivity contribution in [1.29, 1.82) is 0 Å². The smallest absolute Gasteiger partial charge is 0.305 e. The van der Waals surface area contributed by atoms with Gasteiger partial charge in [0.05, 0.1) is 13.2 Å². The molecular weight excluding hydrogens is 259 g/mol. The van der Waals surface area contributed by atoms with Gasteiger partial charge in [-0.05, 0) is 6.42 Å². The minimum Gasteiger partial charge on any atom is -0.463 e. The largest absolute Gasteiger partial charge is 0.463 e. The zero-order chi connectivity index (χ0) is 8.10. The highest BCUT2D eigenvalue weighted by Crippen LogP contribution is 2.11. The molecule has 0 aromatic rings. The molecule has 0 spiro atoms. The second-order valence-electron chi connectivity index (χ2n) is 2.43. The lowest BCUT2D eigenvalue weighted by Gasteiger charge is -2.05. The van der Waals surface area contributed by atoms with Gasteiger partial charge in [0.2, 0.25) is 0 Å².